The Balaban J connectivity index is 2.90. The lowest BCUT2D eigenvalue weighted by Crippen LogP contribution is -2.07. The van der Waals surface area contributed by atoms with Gasteiger partial charge in [0, 0.05) is 10.8 Å². The van der Waals surface area contributed by atoms with Crippen molar-refractivity contribution in [1.29, 1.82) is 0 Å². The van der Waals surface area contributed by atoms with E-state index in [1.165, 1.54) is 0 Å². The predicted molar refractivity (Wildman–Crippen MR) is 60.1 cm³/mol. The Hall–Kier alpha value is -0.0900. The summed E-state index contributed by atoms with van der Waals surface area (Å²) >= 11 is 5.10. The predicted octanol–water partition coefficient (Wildman–Crippen LogP) is 3.44. The van der Waals surface area contributed by atoms with E-state index in [1.54, 1.807) is 11.8 Å². The third-order valence-electron chi connectivity index (χ3n) is 1.19. The highest BCUT2D eigenvalue weighted by molar-refractivity contribution is 9.10. The first kappa shape index (κ1) is 11.0. The molecular formula is C9H13BrN2S. The minimum atomic E-state index is 0.195. The monoisotopic (exact) mass is 260 g/mol. The van der Waals surface area contributed by atoms with Crippen LogP contribution in [0, 0.1) is 6.92 Å². The van der Waals surface area contributed by atoms with Crippen molar-refractivity contribution in [2.24, 2.45) is 0 Å². The Labute approximate surface area is 91.7 Å². The van der Waals surface area contributed by atoms with Gasteiger partial charge in [-0.15, -0.1) is 11.8 Å². The van der Waals surface area contributed by atoms with E-state index in [2.05, 4.69) is 46.7 Å². The highest BCUT2D eigenvalue weighted by atomic mass is 79.9. The second kappa shape index (κ2) is 3.96. The van der Waals surface area contributed by atoms with Crippen molar-refractivity contribution in [2.75, 3.05) is 0 Å². The van der Waals surface area contributed by atoms with Crippen molar-refractivity contribution in [3.8, 4) is 0 Å². The molecule has 0 amide bonds. The van der Waals surface area contributed by atoms with Crippen molar-refractivity contribution in [3.63, 3.8) is 0 Å². The van der Waals surface area contributed by atoms with Crippen LogP contribution < -0.4 is 0 Å². The second-order valence-corrected chi connectivity index (χ2v) is 6.45. The molecule has 2 nitrogen and oxygen atoms in total. The molecule has 0 bridgehead atoms. The zero-order valence-electron chi connectivity index (χ0n) is 8.26. The van der Waals surface area contributed by atoms with Gasteiger partial charge in [0.25, 0.3) is 0 Å². The zero-order chi connectivity index (χ0) is 10.1. The molecule has 4 heteroatoms. The SMILES string of the molecule is Cc1nc(Br)cc(SC(C)(C)C)n1. The number of rotatable bonds is 1. The van der Waals surface area contributed by atoms with Crippen molar-refractivity contribution in [1.82, 2.24) is 9.97 Å². The van der Waals surface area contributed by atoms with Gasteiger partial charge < -0.3 is 0 Å². The van der Waals surface area contributed by atoms with Gasteiger partial charge in [0.15, 0.2) is 0 Å². The van der Waals surface area contributed by atoms with Crippen LogP contribution in [0.4, 0.5) is 0 Å². The Kier molecular flexibility index (Phi) is 3.35. The summed E-state index contributed by atoms with van der Waals surface area (Å²) in [7, 11) is 0. The first-order chi connectivity index (χ1) is 5.87. The van der Waals surface area contributed by atoms with Gasteiger partial charge in [0.1, 0.15) is 15.5 Å². The van der Waals surface area contributed by atoms with Gasteiger partial charge in [-0.2, -0.15) is 0 Å². The van der Waals surface area contributed by atoms with Gasteiger partial charge in [-0.3, -0.25) is 0 Å². The molecule has 0 aliphatic rings. The first-order valence-electron chi connectivity index (χ1n) is 4.07. The molecule has 0 aliphatic heterocycles. The highest BCUT2D eigenvalue weighted by Crippen LogP contribution is 2.31. The number of aromatic nitrogens is 2. The Morgan fingerprint density at radius 3 is 2.38 bits per heavy atom. The van der Waals surface area contributed by atoms with E-state index in [4.69, 9.17) is 0 Å². The van der Waals surface area contributed by atoms with Gasteiger partial charge >= 0.3 is 0 Å². The fourth-order valence-corrected chi connectivity index (χ4v) is 2.47. The van der Waals surface area contributed by atoms with Gasteiger partial charge in [-0.05, 0) is 22.9 Å². The van der Waals surface area contributed by atoms with Crippen LogP contribution in [-0.4, -0.2) is 14.7 Å². The maximum Gasteiger partial charge on any atom is 0.127 e. The van der Waals surface area contributed by atoms with Crippen LogP contribution in [-0.2, 0) is 0 Å². The molecule has 1 aromatic heterocycles. The molecule has 13 heavy (non-hydrogen) atoms. The number of thioether (sulfide) groups is 1. The third-order valence-corrected chi connectivity index (χ3v) is 2.63. The topological polar surface area (TPSA) is 25.8 Å². The Morgan fingerprint density at radius 1 is 1.31 bits per heavy atom. The minimum absolute atomic E-state index is 0.195. The normalized spacial score (nSPS) is 11.8. The molecule has 0 saturated carbocycles. The molecule has 0 fully saturated rings. The van der Waals surface area contributed by atoms with Gasteiger partial charge in [0.2, 0.25) is 0 Å². The fourth-order valence-electron chi connectivity index (χ4n) is 0.871. The molecule has 0 aromatic carbocycles. The second-order valence-electron chi connectivity index (χ2n) is 3.79. The maximum absolute atomic E-state index is 4.34. The largest absolute Gasteiger partial charge is 0.227 e. The van der Waals surface area contributed by atoms with E-state index in [1.807, 2.05) is 13.0 Å². The lowest BCUT2D eigenvalue weighted by molar-refractivity contribution is 0.796. The molecule has 1 aromatic rings. The molecular weight excluding hydrogens is 248 g/mol. The standard InChI is InChI=1S/C9H13BrN2S/c1-6-11-7(10)5-8(12-6)13-9(2,3)4/h5H,1-4H3. The fraction of sp³-hybridized carbons (Fsp3) is 0.556. The third kappa shape index (κ3) is 4.09. The average Bonchev–Trinajstić information content (AvgIpc) is 1.78. The lowest BCUT2D eigenvalue weighted by atomic mass is 10.3. The summed E-state index contributed by atoms with van der Waals surface area (Å²) in [5, 5.41) is 1.02. The number of hydrogen-bond acceptors (Lipinski definition) is 3. The molecule has 72 valence electrons. The van der Waals surface area contributed by atoms with Gasteiger partial charge in [-0.25, -0.2) is 9.97 Å². The van der Waals surface area contributed by atoms with E-state index < -0.39 is 0 Å². The molecule has 1 heterocycles. The Bertz CT molecular complexity index is 287. The summed E-state index contributed by atoms with van der Waals surface area (Å²) in [4.78, 5) is 8.50. The van der Waals surface area contributed by atoms with Crippen molar-refractivity contribution >= 4 is 27.7 Å². The average molecular weight is 261 g/mol. The lowest BCUT2D eigenvalue weighted by Gasteiger charge is -2.16. The molecule has 0 saturated heterocycles. The molecule has 1 rings (SSSR count). The zero-order valence-corrected chi connectivity index (χ0v) is 10.7. The molecule has 0 atom stereocenters. The number of halogens is 1. The summed E-state index contributed by atoms with van der Waals surface area (Å²) in [5.41, 5.74) is 0. The summed E-state index contributed by atoms with van der Waals surface area (Å²) in [5.74, 6) is 0.807. The minimum Gasteiger partial charge on any atom is -0.227 e. The van der Waals surface area contributed by atoms with E-state index in [-0.39, 0.29) is 4.75 Å². The summed E-state index contributed by atoms with van der Waals surface area (Å²) in [6.07, 6.45) is 0. The Morgan fingerprint density at radius 2 is 1.92 bits per heavy atom. The van der Waals surface area contributed by atoms with E-state index in [0.717, 1.165) is 15.5 Å². The molecule has 0 N–H and O–H groups in total. The first-order valence-corrected chi connectivity index (χ1v) is 5.68. The van der Waals surface area contributed by atoms with Crippen LogP contribution in [0.5, 0.6) is 0 Å². The molecule has 0 radical (unpaired) electrons. The number of aryl methyl sites for hydroxylation is 1. The molecule has 0 aliphatic carbocycles. The smallest absolute Gasteiger partial charge is 0.127 e. The van der Waals surface area contributed by atoms with Crippen LogP contribution in [0.3, 0.4) is 0 Å². The quantitative estimate of drug-likeness (QED) is 0.572. The van der Waals surface area contributed by atoms with Crippen LogP contribution in [0.2, 0.25) is 0 Å². The van der Waals surface area contributed by atoms with E-state index >= 15 is 0 Å². The van der Waals surface area contributed by atoms with Gasteiger partial charge in [-0.1, -0.05) is 20.8 Å². The molecule has 0 unspecified atom stereocenters. The summed E-state index contributed by atoms with van der Waals surface area (Å²) in [6, 6.07) is 1.95. The van der Waals surface area contributed by atoms with Crippen LogP contribution in [0.15, 0.2) is 15.7 Å². The number of hydrogen-bond donors (Lipinski definition) is 0. The van der Waals surface area contributed by atoms with E-state index in [9.17, 15) is 0 Å². The van der Waals surface area contributed by atoms with Crippen molar-refractivity contribution < 1.29 is 0 Å². The van der Waals surface area contributed by atoms with Crippen molar-refractivity contribution in [2.45, 2.75) is 37.5 Å². The summed E-state index contributed by atoms with van der Waals surface area (Å²) in [6.45, 7) is 8.41. The van der Waals surface area contributed by atoms with Crippen LogP contribution in [0.25, 0.3) is 0 Å². The van der Waals surface area contributed by atoms with Crippen molar-refractivity contribution in [3.05, 3.63) is 16.5 Å². The highest BCUT2D eigenvalue weighted by Gasteiger charge is 2.13. The summed E-state index contributed by atoms with van der Waals surface area (Å²) < 4.78 is 1.05. The van der Waals surface area contributed by atoms with Crippen LogP contribution >= 0.6 is 27.7 Å². The maximum atomic E-state index is 4.34. The van der Waals surface area contributed by atoms with Crippen LogP contribution in [0.1, 0.15) is 26.6 Å². The van der Waals surface area contributed by atoms with Gasteiger partial charge in [0.05, 0.1) is 0 Å². The van der Waals surface area contributed by atoms with E-state index in [0.29, 0.717) is 0 Å². The molecule has 0 spiro atoms. The number of nitrogens with zero attached hydrogens (tertiary/aromatic N) is 2.